The van der Waals surface area contributed by atoms with Crippen LogP contribution < -0.4 is 10.6 Å². The van der Waals surface area contributed by atoms with E-state index in [2.05, 4.69) is 10.6 Å². The Bertz CT molecular complexity index is 937. The van der Waals surface area contributed by atoms with Gasteiger partial charge in [0.05, 0.1) is 11.5 Å². The maximum Gasteiger partial charge on any atom is 0.233 e. The van der Waals surface area contributed by atoms with Crippen LogP contribution in [0, 0.1) is 0 Å². The molecule has 1 aliphatic heterocycles. The van der Waals surface area contributed by atoms with Gasteiger partial charge in [-0.25, -0.2) is 0 Å². The summed E-state index contributed by atoms with van der Waals surface area (Å²) >= 11 is 2.91. The van der Waals surface area contributed by atoms with Gasteiger partial charge in [-0.15, -0.1) is 23.5 Å². The number of benzene rings is 2. The van der Waals surface area contributed by atoms with Crippen molar-refractivity contribution < 1.29 is 19.2 Å². The summed E-state index contributed by atoms with van der Waals surface area (Å²) in [6.07, 6.45) is 0. The van der Waals surface area contributed by atoms with E-state index in [0.29, 0.717) is 37.7 Å². The standard InChI is InChI=1S/C24H28N4O4S2/c1-17(29)25-19-3-7-21(8-4-19)33-15-23(31)27-11-13-28(14-12-27)24(32)16-34-22-9-5-20(6-10-22)26-18(2)30/h3-10H,11-16H2,1-2H3,(H,25,29)(H,26,30). The van der Waals surface area contributed by atoms with Crippen LogP contribution in [0.15, 0.2) is 58.3 Å². The third-order valence-electron chi connectivity index (χ3n) is 5.06. The van der Waals surface area contributed by atoms with Crippen LogP contribution in [0.2, 0.25) is 0 Å². The van der Waals surface area contributed by atoms with Gasteiger partial charge >= 0.3 is 0 Å². The minimum absolute atomic E-state index is 0.0525. The minimum Gasteiger partial charge on any atom is -0.338 e. The molecule has 1 saturated heterocycles. The summed E-state index contributed by atoms with van der Waals surface area (Å²) in [7, 11) is 0. The molecule has 0 atom stereocenters. The van der Waals surface area contributed by atoms with Crippen molar-refractivity contribution in [1.29, 1.82) is 0 Å². The molecule has 2 aromatic carbocycles. The Kier molecular flexibility index (Phi) is 9.41. The lowest BCUT2D eigenvalue weighted by molar-refractivity contribution is -0.136. The molecular weight excluding hydrogens is 472 g/mol. The first-order chi connectivity index (χ1) is 16.3. The van der Waals surface area contributed by atoms with Crippen LogP contribution in [0.4, 0.5) is 11.4 Å². The molecule has 10 heteroatoms. The van der Waals surface area contributed by atoms with Gasteiger partial charge in [-0.3, -0.25) is 19.2 Å². The van der Waals surface area contributed by atoms with Gasteiger partial charge in [0.1, 0.15) is 0 Å². The number of carbonyl (C=O) groups excluding carboxylic acids is 4. The Hall–Kier alpha value is -2.98. The molecule has 2 N–H and O–H groups in total. The van der Waals surface area contributed by atoms with E-state index >= 15 is 0 Å². The third kappa shape index (κ3) is 8.11. The lowest BCUT2D eigenvalue weighted by Gasteiger charge is -2.34. The highest BCUT2D eigenvalue weighted by atomic mass is 32.2. The van der Waals surface area contributed by atoms with Crippen molar-refractivity contribution in [1.82, 2.24) is 9.80 Å². The first-order valence-corrected chi connectivity index (χ1v) is 12.8. The number of hydrogen-bond donors (Lipinski definition) is 2. The normalized spacial score (nSPS) is 13.4. The third-order valence-corrected chi connectivity index (χ3v) is 7.05. The van der Waals surface area contributed by atoms with Gasteiger partial charge in [0.25, 0.3) is 0 Å². The topological polar surface area (TPSA) is 98.8 Å². The summed E-state index contributed by atoms with van der Waals surface area (Å²) in [6, 6.07) is 14.8. The van der Waals surface area contributed by atoms with Gasteiger partial charge in [0.15, 0.2) is 0 Å². The zero-order valence-electron chi connectivity index (χ0n) is 19.2. The van der Waals surface area contributed by atoms with Crippen molar-refractivity contribution in [3.8, 4) is 0 Å². The van der Waals surface area contributed by atoms with Gasteiger partial charge in [0.2, 0.25) is 23.6 Å². The molecule has 34 heavy (non-hydrogen) atoms. The lowest BCUT2D eigenvalue weighted by Crippen LogP contribution is -2.51. The summed E-state index contributed by atoms with van der Waals surface area (Å²) < 4.78 is 0. The van der Waals surface area contributed by atoms with Crippen molar-refractivity contribution in [3.63, 3.8) is 0 Å². The van der Waals surface area contributed by atoms with Crippen LogP contribution in [0.3, 0.4) is 0 Å². The Morgan fingerprint density at radius 1 is 0.647 bits per heavy atom. The molecule has 0 radical (unpaired) electrons. The van der Waals surface area contributed by atoms with E-state index in [1.165, 1.54) is 37.4 Å². The monoisotopic (exact) mass is 500 g/mol. The number of hydrogen-bond acceptors (Lipinski definition) is 6. The van der Waals surface area contributed by atoms with Gasteiger partial charge in [-0.1, -0.05) is 0 Å². The highest BCUT2D eigenvalue weighted by molar-refractivity contribution is 8.00. The zero-order valence-corrected chi connectivity index (χ0v) is 20.8. The summed E-state index contributed by atoms with van der Waals surface area (Å²) in [5, 5.41) is 5.44. The quantitative estimate of drug-likeness (QED) is 0.541. The first-order valence-electron chi connectivity index (χ1n) is 10.9. The minimum atomic E-state index is -0.121. The SMILES string of the molecule is CC(=O)Nc1ccc(SCC(=O)N2CCN(C(=O)CSc3ccc(NC(C)=O)cc3)CC2)cc1. The van der Waals surface area contributed by atoms with Gasteiger partial charge in [0, 0.05) is 61.2 Å². The molecule has 0 saturated carbocycles. The predicted molar refractivity (Wildman–Crippen MR) is 136 cm³/mol. The summed E-state index contributed by atoms with van der Waals surface area (Å²) in [6.45, 7) is 5.04. The highest BCUT2D eigenvalue weighted by Crippen LogP contribution is 2.22. The van der Waals surface area contributed by atoms with Crippen LogP contribution in [-0.4, -0.2) is 71.1 Å². The molecule has 180 valence electrons. The fourth-order valence-electron chi connectivity index (χ4n) is 3.35. The molecule has 1 heterocycles. The number of rotatable bonds is 8. The fourth-order valence-corrected chi connectivity index (χ4v) is 4.96. The maximum atomic E-state index is 12.6. The van der Waals surface area contributed by atoms with Crippen LogP contribution in [0.1, 0.15) is 13.8 Å². The average Bonchev–Trinajstić information content (AvgIpc) is 2.82. The Morgan fingerprint density at radius 3 is 1.26 bits per heavy atom. The van der Waals surface area contributed by atoms with Crippen LogP contribution in [-0.2, 0) is 19.2 Å². The van der Waals surface area contributed by atoms with E-state index in [0.717, 1.165) is 21.2 Å². The van der Waals surface area contributed by atoms with Crippen LogP contribution in [0.5, 0.6) is 0 Å². The van der Waals surface area contributed by atoms with Crippen LogP contribution >= 0.6 is 23.5 Å². The zero-order chi connectivity index (χ0) is 24.5. The number of nitrogens with zero attached hydrogens (tertiary/aromatic N) is 2. The Balaban J connectivity index is 1.37. The first kappa shape index (κ1) is 25.6. The van der Waals surface area contributed by atoms with Crippen molar-refractivity contribution in [2.45, 2.75) is 23.6 Å². The molecule has 0 bridgehead atoms. The highest BCUT2D eigenvalue weighted by Gasteiger charge is 2.24. The molecule has 8 nitrogen and oxygen atoms in total. The second kappa shape index (κ2) is 12.5. The van der Waals surface area contributed by atoms with Gasteiger partial charge < -0.3 is 20.4 Å². The molecule has 0 spiro atoms. The predicted octanol–water partition coefficient (Wildman–Crippen LogP) is 3.16. The van der Waals surface area contributed by atoms with E-state index in [1.54, 1.807) is 9.80 Å². The second-order valence-electron chi connectivity index (χ2n) is 7.75. The summed E-state index contributed by atoms with van der Waals surface area (Å²) in [4.78, 5) is 52.9. The van der Waals surface area contributed by atoms with E-state index in [9.17, 15) is 19.2 Å². The Morgan fingerprint density at radius 2 is 0.971 bits per heavy atom. The molecule has 0 aliphatic carbocycles. The average molecular weight is 501 g/mol. The van der Waals surface area contributed by atoms with E-state index in [1.807, 2.05) is 48.5 Å². The fraction of sp³-hybridized carbons (Fsp3) is 0.333. The number of nitrogens with one attached hydrogen (secondary N) is 2. The number of anilines is 2. The molecule has 0 aromatic heterocycles. The molecule has 1 fully saturated rings. The van der Waals surface area contributed by atoms with E-state index in [-0.39, 0.29) is 23.6 Å². The maximum absolute atomic E-state index is 12.6. The summed E-state index contributed by atoms with van der Waals surface area (Å²) in [5.74, 6) is 0.525. The van der Waals surface area contributed by atoms with Crippen molar-refractivity contribution in [2.75, 3.05) is 48.3 Å². The van der Waals surface area contributed by atoms with Crippen LogP contribution in [0.25, 0.3) is 0 Å². The number of piperazine rings is 1. The smallest absolute Gasteiger partial charge is 0.233 e. The molecule has 1 aliphatic rings. The van der Waals surface area contributed by atoms with Gasteiger partial charge in [-0.2, -0.15) is 0 Å². The number of thioether (sulfide) groups is 2. The summed E-state index contributed by atoms with van der Waals surface area (Å²) in [5.41, 5.74) is 1.45. The Labute approximate surface area is 207 Å². The molecular formula is C24H28N4O4S2. The number of amides is 4. The lowest BCUT2D eigenvalue weighted by atomic mass is 10.3. The van der Waals surface area contributed by atoms with Crippen molar-refractivity contribution in [2.24, 2.45) is 0 Å². The van der Waals surface area contributed by atoms with E-state index < -0.39 is 0 Å². The van der Waals surface area contributed by atoms with Gasteiger partial charge in [-0.05, 0) is 48.5 Å². The molecule has 0 unspecified atom stereocenters. The second-order valence-corrected chi connectivity index (χ2v) is 9.85. The number of carbonyl (C=O) groups is 4. The molecule has 3 rings (SSSR count). The van der Waals surface area contributed by atoms with E-state index in [4.69, 9.17) is 0 Å². The molecule has 2 aromatic rings. The van der Waals surface area contributed by atoms with Crippen molar-refractivity contribution >= 4 is 58.5 Å². The molecule has 4 amide bonds. The largest absolute Gasteiger partial charge is 0.338 e. The van der Waals surface area contributed by atoms with Crippen molar-refractivity contribution in [3.05, 3.63) is 48.5 Å².